The van der Waals surface area contributed by atoms with E-state index < -0.39 is 6.04 Å². The number of benzene rings is 1. The molecule has 0 bridgehead atoms. The minimum absolute atomic E-state index is 0.143. The number of anilines is 1. The molecule has 1 N–H and O–H groups in total. The number of amides is 2. The molecule has 1 aromatic carbocycles. The Balaban J connectivity index is 1.81. The average Bonchev–Trinajstić information content (AvgIpc) is 3.21. The van der Waals surface area contributed by atoms with Gasteiger partial charge in [-0.1, -0.05) is 35.8 Å². The Hall–Kier alpha value is -2.02. The third kappa shape index (κ3) is 4.64. The predicted molar refractivity (Wildman–Crippen MR) is 111 cm³/mol. The van der Waals surface area contributed by atoms with E-state index in [0.717, 1.165) is 10.6 Å². The Kier molecular flexibility index (Phi) is 6.42. The molecule has 5 nitrogen and oxygen atoms in total. The molecule has 0 unspecified atom stereocenters. The zero-order valence-electron chi connectivity index (χ0n) is 14.5. The summed E-state index contributed by atoms with van der Waals surface area (Å²) in [6.45, 7) is 5.28. The topological polar surface area (TPSA) is 52.7 Å². The minimum atomic E-state index is -0.528. The Morgan fingerprint density at radius 2 is 2.07 bits per heavy atom. The Morgan fingerprint density at radius 3 is 2.74 bits per heavy atom. The first-order valence-electron chi connectivity index (χ1n) is 8.42. The van der Waals surface area contributed by atoms with Crippen molar-refractivity contribution in [2.75, 3.05) is 24.5 Å². The van der Waals surface area contributed by atoms with Gasteiger partial charge in [-0.25, -0.2) is 0 Å². The first-order valence-corrected chi connectivity index (χ1v) is 10.1. The molecule has 27 heavy (non-hydrogen) atoms. The number of rotatable bonds is 5. The molecule has 3 rings (SSSR count). The third-order valence-electron chi connectivity index (χ3n) is 4.42. The first-order chi connectivity index (χ1) is 13.0. The normalized spacial score (nSPS) is 16.9. The maximum absolute atomic E-state index is 12.9. The number of carbonyl (C=O) groups is 2. The molecule has 142 valence electrons. The van der Waals surface area contributed by atoms with Crippen LogP contribution in [0.15, 0.2) is 48.4 Å². The van der Waals surface area contributed by atoms with Crippen LogP contribution in [0.1, 0.15) is 4.88 Å². The summed E-state index contributed by atoms with van der Waals surface area (Å²) in [5.74, 6) is -0.323. The molecule has 1 fully saturated rings. The fourth-order valence-corrected chi connectivity index (χ4v) is 3.95. The molecule has 2 heterocycles. The molecule has 0 saturated carbocycles. The van der Waals surface area contributed by atoms with Crippen molar-refractivity contribution in [2.24, 2.45) is 0 Å². The number of hydrogen-bond acceptors (Lipinski definition) is 4. The van der Waals surface area contributed by atoms with Crippen LogP contribution >= 0.6 is 34.5 Å². The quantitative estimate of drug-likeness (QED) is 0.747. The van der Waals surface area contributed by atoms with Crippen LogP contribution in [0.2, 0.25) is 10.0 Å². The number of halogens is 2. The van der Waals surface area contributed by atoms with E-state index in [1.165, 1.54) is 6.08 Å². The van der Waals surface area contributed by atoms with E-state index in [4.69, 9.17) is 23.2 Å². The Morgan fingerprint density at radius 1 is 1.26 bits per heavy atom. The summed E-state index contributed by atoms with van der Waals surface area (Å²) < 4.78 is 0. The SMILES string of the molecule is C=CC(=O)N1CCN(c2ccc(Cl)c(Cl)c2)[C@H](C(=O)NCc2cccs2)C1. The number of carbonyl (C=O) groups excluding carboxylic acids is 2. The summed E-state index contributed by atoms with van der Waals surface area (Å²) in [6.07, 6.45) is 1.27. The summed E-state index contributed by atoms with van der Waals surface area (Å²) in [6, 6.07) is 8.67. The second kappa shape index (κ2) is 8.78. The van der Waals surface area contributed by atoms with Gasteiger partial charge in [0.2, 0.25) is 11.8 Å². The lowest BCUT2D eigenvalue weighted by Gasteiger charge is -2.41. The van der Waals surface area contributed by atoms with E-state index in [1.807, 2.05) is 28.5 Å². The van der Waals surface area contributed by atoms with E-state index in [2.05, 4.69) is 11.9 Å². The van der Waals surface area contributed by atoms with Crippen molar-refractivity contribution >= 4 is 52.0 Å². The van der Waals surface area contributed by atoms with Crippen LogP contribution < -0.4 is 10.2 Å². The van der Waals surface area contributed by atoms with Gasteiger partial charge >= 0.3 is 0 Å². The van der Waals surface area contributed by atoms with Gasteiger partial charge in [0.25, 0.3) is 0 Å². The summed E-state index contributed by atoms with van der Waals surface area (Å²) in [5.41, 5.74) is 0.798. The van der Waals surface area contributed by atoms with E-state index in [9.17, 15) is 9.59 Å². The molecule has 1 aliphatic heterocycles. The van der Waals surface area contributed by atoms with Crippen molar-refractivity contribution < 1.29 is 9.59 Å². The monoisotopic (exact) mass is 423 g/mol. The van der Waals surface area contributed by atoms with Gasteiger partial charge in [-0.15, -0.1) is 11.3 Å². The maximum Gasteiger partial charge on any atom is 0.246 e. The molecule has 1 atom stereocenters. The molecule has 0 aliphatic carbocycles. The van der Waals surface area contributed by atoms with Crippen LogP contribution in [-0.4, -0.2) is 42.4 Å². The van der Waals surface area contributed by atoms with Crippen LogP contribution in [0.5, 0.6) is 0 Å². The number of piperazine rings is 1. The van der Waals surface area contributed by atoms with Crippen LogP contribution in [0.25, 0.3) is 0 Å². The standard InChI is InChI=1S/C19H19Cl2N3O2S/c1-2-18(25)23-7-8-24(13-5-6-15(20)16(21)10-13)17(12-23)19(26)22-11-14-4-3-9-27-14/h2-6,9-10,17H,1,7-8,11-12H2,(H,22,26)/t17-/m0/s1. The van der Waals surface area contributed by atoms with Gasteiger partial charge in [-0.05, 0) is 35.7 Å². The van der Waals surface area contributed by atoms with Gasteiger partial charge < -0.3 is 15.1 Å². The molecule has 1 aliphatic rings. The Labute approximate surface area is 172 Å². The van der Waals surface area contributed by atoms with Crippen molar-refractivity contribution in [3.8, 4) is 0 Å². The summed E-state index contributed by atoms with van der Waals surface area (Å²) in [7, 11) is 0. The van der Waals surface area contributed by atoms with Crippen LogP contribution in [0.3, 0.4) is 0 Å². The van der Waals surface area contributed by atoms with Gasteiger partial charge in [0.05, 0.1) is 23.1 Å². The van der Waals surface area contributed by atoms with E-state index in [-0.39, 0.29) is 18.4 Å². The molecule has 8 heteroatoms. The molecule has 1 saturated heterocycles. The van der Waals surface area contributed by atoms with E-state index in [1.54, 1.807) is 28.4 Å². The smallest absolute Gasteiger partial charge is 0.246 e. The molecule has 2 aromatic rings. The van der Waals surface area contributed by atoms with Gasteiger partial charge in [0.15, 0.2) is 0 Å². The summed E-state index contributed by atoms with van der Waals surface area (Å²) in [4.78, 5) is 29.6. The lowest BCUT2D eigenvalue weighted by atomic mass is 10.1. The van der Waals surface area contributed by atoms with Gasteiger partial charge in [0, 0.05) is 23.7 Å². The fourth-order valence-electron chi connectivity index (χ4n) is 3.01. The second-order valence-electron chi connectivity index (χ2n) is 6.09. The molecule has 2 amide bonds. The molecular weight excluding hydrogens is 405 g/mol. The molecular formula is C19H19Cl2N3O2S. The minimum Gasteiger partial charge on any atom is -0.356 e. The zero-order chi connectivity index (χ0) is 19.4. The summed E-state index contributed by atoms with van der Waals surface area (Å²) >= 11 is 13.8. The highest BCUT2D eigenvalue weighted by molar-refractivity contribution is 7.09. The highest BCUT2D eigenvalue weighted by atomic mass is 35.5. The first kappa shape index (κ1) is 19.7. The average molecular weight is 424 g/mol. The molecule has 1 aromatic heterocycles. The number of nitrogens with zero attached hydrogens (tertiary/aromatic N) is 2. The van der Waals surface area contributed by atoms with Crippen molar-refractivity contribution in [1.82, 2.24) is 10.2 Å². The van der Waals surface area contributed by atoms with Crippen molar-refractivity contribution in [3.05, 3.63) is 63.3 Å². The lowest BCUT2D eigenvalue weighted by molar-refractivity contribution is -0.129. The van der Waals surface area contributed by atoms with Crippen LogP contribution in [-0.2, 0) is 16.1 Å². The molecule has 0 radical (unpaired) electrons. The molecule has 0 spiro atoms. The van der Waals surface area contributed by atoms with Crippen LogP contribution in [0.4, 0.5) is 5.69 Å². The second-order valence-corrected chi connectivity index (χ2v) is 7.94. The number of nitrogens with one attached hydrogen (secondary N) is 1. The lowest BCUT2D eigenvalue weighted by Crippen LogP contribution is -2.60. The fraction of sp³-hybridized carbons (Fsp3) is 0.263. The highest BCUT2D eigenvalue weighted by Gasteiger charge is 2.34. The van der Waals surface area contributed by atoms with Gasteiger partial charge in [-0.2, -0.15) is 0 Å². The summed E-state index contributed by atoms with van der Waals surface area (Å²) in [5, 5.41) is 5.82. The highest BCUT2D eigenvalue weighted by Crippen LogP contribution is 2.29. The third-order valence-corrected chi connectivity index (χ3v) is 6.04. The van der Waals surface area contributed by atoms with Gasteiger partial charge in [-0.3, -0.25) is 9.59 Å². The van der Waals surface area contributed by atoms with E-state index >= 15 is 0 Å². The van der Waals surface area contributed by atoms with Crippen molar-refractivity contribution in [2.45, 2.75) is 12.6 Å². The van der Waals surface area contributed by atoms with Crippen molar-refractivity contribution in [1.29, 1.82) is 0 Å². The maximum atomic E-state index is 12.9. The number of hydrogen-bond donors (Lipinski definition) is 1. The Bertz CT molecular complexity index is 841. The number of thiophene rings is 1. The van der Waals surface area contributed by atoms with Gasteiger partial charge in [0.1, 0.15) is 6.04 Å². The van der Waals surface area contributed by atoms with E-state index in [0.29, 0.717) is 29.7 Å². The predicted octanol–water partition coefficient (Wildman–Crippen LogP) is 3.57. The van der Waals surface area contributed by atoms with Crippen molar-refractivity contribution in [3.63, 3.8) is 0 Å². The largest absolute Gasteiger partial charge is 0.356 e. The van der Waals surface area contributed by atoms with Crippen LogP contribution in [0, 0.1) is 0 Å². The zero-order valence-corrected chi connectivity index (χ0v) is 16.9.